The average molecular weight is 416 g/mol. The highest BCUT2D eigenvalue weighted by atomic mass is 19.1. The van der Waals surface area contributed by atoms with E-state index in [0.717, 1.165) is 41.1 Å². The van der Waals surface area contributed by atoms with E-state index in [-0.39, 0.29) is 11.4 Å². The molecule has 0 radical (unpaired) electrons. The van der Waals surface area contributed by atoms with Crippen molar-refractivity contribution >= 4 is 17.5 Å². The van der Waals surface area contributed by atoms with Gasteiger partial charge in [-0.1, -0.05) is 0 Å². The van der Waals surface area contributed by atoms with E-state index in [1.165, 1.54) is 19.2 Å². The summed E-state index contributed by atoms with van der Waals surface area (Å²) in [6.07, 6.45) is 1.04. The third kappa shape index (κ3) is 4.37. The van der Waals surface area contributed by atoms with Gasteiger partial charge in [-0.15, -0.1) is 0 Å². The molecule has 0 saturated heterocycles. The summed E-state index contributed by atoms with van der Waals surface area (Å²) in [5.41, 5.74) is -1.26. The molecule has 2 aromatic carbocycles. The highest BCUT2D eigenvalue weighted by Crippen LogP contribution is 2.18. The zero-order chi connectivity index (χ0) is 21.8. The molecule has 0 bridgehead atoms. The molecule has 30 heavy (non-hydrogen) atoms. The monoisotopic (exact) mass is 416 g/mol. The molecule has 154 valence electrons. The van der Waals surface area contributed by atoms with Crippen LogP contribution in [0.2, 0.25) is 0 Å². The Bertz CT molecular complexity index is 1180. The highest BCUT2D eigenvalue weighted by molar-refractivity contribution is 5.94. The lowest BCUT2D eigenvalue weighted by Gasteiger charge is -2.14. The van der Waals surface area contributed by atoms with E-state index >= 15 is 0 Å². The number of aromatic nitrogens is 2. The molecular weight excluding hydrogens is 401 g/mol. The van der Waals surface area contributed by atoms with E-state index in [1.807, 2.05) is 0 Å². The van der Waals surface area contributed by atoms with Gasteiger partial charge in [-0.2, -0.15) is 0 Å². The van der Waals surface area contributed by atoms with Gasteiger partial charge in [-0.05, 0) is 36.4 Å². The number of nitrogens with one attached hydrogen (secondary N) is 2. The second kappa shape index (κ2) is 8.60. The first-order valence-corrected chi connectivity index (χ1v) is 8.63. The van der Waals surface area contributed by atoms with Crippen LogP contribution in [-0.2, 0) is 11.3 Å². The molecule has 7 nitrogen and oxygen atoms in total. The second-order valence-corrected chi connectivity index (χ2v) is 6.15. The van der Waals surface area contributed by atoms with Gasteiger partial charge in [-0.3, -0.25) is 19.0 Å². The molecule has 0 atom stereocenters. The fourth-order valence-corrected chi connectivity index (χ4v) is 2.69. The quantitative estimate of drug-likeness (QED) is 0.668. The van der Waals surface area contributed by atoms with Crippen molar-refractivity contribution in [2.24, 2.45) is 0 Å². The maximum absolute atomic E-state index is 13.8. The van der Waals surface area contributed by atoms with Crippen molar-refractivity contribution in [1.82, 2.24) is 14.9 Å². The van der Waals surface area contributed by atoms with Crippen LogP contribution in [0.3, 0.4) is 0 Å². The molecule has 1 aromatic heterocycles. The Morgan fingerprint density at radius 1 is 1.03 bits per heavy atom. The summed E-state index contributed by atoms with van der Waals surface area (Å²) in [4.78, 5) is 41.2. The van der Waals surface area contributed by atoms with Gasteiger partial charge in [0.25, 0.3) is 11.5 Å². The molecule has 2 N–H and O–H groups in total. The number of nitrogens with zero attached hydrogens (tertiary/aromatic N) is 2. The molecule has 2 amide bonds. The van der Waals surface area contributed by atoms with Crippen LogP contribution < -0.4 is 16.2 Å². The number of hydrogen-bond acceptors (Lipinski definition) is 4. The van der Waals surface area contributed by atoms with E-state index in [1.54, 1.807) is 0 Å². The zero-order valence-electron chi connectivity index (χ0n) is 15.6. The Balaban J connectivity index is 2.02. The van der Waals surface area contributed by atoms with Crippen molar-refractivity contribution in [3.63, 3.8) is 0 Å². The summed E-state index contributed by atoms with van der Waals surface area (Å²) in [6, 6.07) is 7.49. The molecule has 0 spiro atoms. The molecular formula is C20H15F3N4O3. The van der Waals surface area contributed by atoms with Crippen LogP contribution in [0, 0.1) is 17.5 Å². The first-order valence-electron chi connectivity index (χ1n) is 8.63. The molecule has 3 rings (SSSR count). The summed E-state index contributed by atoms with van der Waals surface area (Å²) in [7, 11) is 1.32. The predicted molar refractivity (Wildman–Crippen MR) is 102 cm³/mol. The summed E-state index contributed by atoms with van der Waals surface area (Å²) in [5.74, 6) is -3.74. The lowest BCUT2D eigenvalue weighted by molar-refractivity contribution is -0.116. The van der Waals surface area contributed by atoms with E-state index in [9.17, 15) is 27.6 Å². The summed E-state index contributed by atoms with van der Waals surface area (Å²) in [5, 5.41) is 4.46. The van der Waals surface area contributed by atoms with Crippen molar-refractivity contribution in [3.8, 4) is 11.4 Å². The topological polar surface area (TPSA) is 93.1 Å². The minimum Gasteiger partial charge on any atom is -0.355 e. The number of amides is 2. The lowest BCUT2D eigenvalue weighted by Crippen LogP contribution is -2.35. The normalized spacial score (nSPS) is 10.5. The third-order valence-electron chi connectivity index (χ3n) is 4.13. The van der Waals surface area contributed by atoms with Gasteiger partial charge < -0.3 is 10.6 Å². The van der Waals surface area contributed by atoms with Gasteiger partial charge in [0.15, 0.2) is 0 Å². The molecule has 3 aromatic rings. The lowest BCUT2D eigenvalue weighted by atomic mass is 10.2. The standard InChI is InChI=1S/C20H15F3N4O3/c1-24-19(29)14-9-25-18(11-2-4-12(21)5-3-11)27(20(14)30)10-17(28)26-16-8-13(22)6-7-15(16)23/h2-9H,10H2,1H3,(H,24,29)(H,26,28). The zero-order valence-corrected chi connectivity index (χ0v) is 15.6. The van der Waals surface area contributed by atoms with Gasteiger partial charge in [0.2, 0.25) is 5.91 Å². The molecule has 10 heteroatoms. The van der Waals surface area contributed by atoms with Crippen LogP contribution in [0.25, 0.3) is 11.4 Å². The van der Waals surface area contributed by atoms with E-state index in [4.69, 9.17) is 0 Å². The summed E-state index contributed by atoms with van der Waals surface area (Å²) in [6.45, 7) is -0.653. The molecule has 0 fully saturated rings. The van der Waals surface area contributed by atoms with Gasteiger partial charge >= 0.3 is 0 Å². The highest BCUT2D eigenvalue weighted by Gasteiger charge is 2.19. The van der Waals surface area contributed by atoms with Crippen LogP contribution >= 0.6 is 0 Å². The minimum absolute atomic E-state index is 0.0116. The van der Waals surface area contributed by atoms with Crippen molar-refractivity contribution in [2.75, 3.05) is 12.4 Å². The number of carbonyl (C=O) groups excluding carboxylic acids is 2. The number of hydrogen-bond donors (Lipinski definition) is 2. The fourth-order valence-electron chi connectivity index (χ4n) is 2.69. The van der Waals surface area contributed by atoms with Crippen LogP contribution in [0.4, 0.5) is 18.9 Å². The van der Waals surface area contributed by atoms with Crippen LogP contribution in [0.1, 0.15) is 10.4 Å². The maximum atomic E-state index is 13.8. The van der Waals surface area contributed by atoms with Gasteiger partial charge in [0, 0.05) is 24.9 Å². The summed E-state index contributed by atoms with van der Waals surface area (Å²) < 4.78 is 41.3. The maximum Gasteiger partial charge on any atom is 0.267 e. The minimum atomic E-state index is -0.868. The fraction of sp³-hybridized carbons (Fsp3) is 0.100. The average Bonchev–Trinajstić information content (AvgIpc) is 2.72. The molecule has 0 saturated carbocycles. The first-order chi connectivity index (χ1) is 14.3. The van der Waals surface area contributed by atoms with Crippen molar-refractivity contribution < 1.29 is 22.8 Å². The summed E-state index contributed by atoms with van der Waals surface area (Å²) >= 11 is 0. The van der Waals surface area contributed by atoms with Crippen LogP contribution in [0.15, 0.2) is 53.5 Å². The second-order valence-electron chi connectivity index (χ2n) is 6.15. The van der Waals surface area contributed by atoms with E-state index < -0.39 is 47.1 Å². The van der Waals surface area contributed by atoms with Crippen molar-refractivity contribution in [3.05, 3.63) is 82.0 Å². The number of halogens is 3. The predicted octanol–water partition coefficient (Wildman–Crippen LogP) is 2.33. The Hall–Kier alpha value is -3.95. The van der Waals surface area contributed by atoms with E-state index in [2.05, 4.69) is 15.6 Å². The third-order valence-corrected chi connectivity index (χ3v) is 4.13. The van der Waals surface area contributed by atoms with Crippen LogP contribution in [-0.4, -0.2) is 28.4 Å². The van der Waals surface area contributed by atoms with Crippen molar-refractivity contribution in [2.45, 2.75) is 6.54 Å². The Morgan fingerprint density at radius 3 is 2.37 bits per heavy atom. The molecule has 1 heterocycles. The first kappa shape index (κ1) is 20.8. The van der Waals surface area contributed by atoms with Crippen LogP contribution in [0.5, 0.6) is 0 Å². The number of carbonyl (C=O) groups is 2. The van der Waals surface area contributed by atoms with Gasteiger partial charge in [0.05, 0.1) is 5.69 Å². The Labute approximate surface area is 168 Å². The van der Waals surface area contributed by atoms with Gasteiger partial charge in [0.1, 0.15) is 35.4 Å². The molecule has 0 aliphatic rings. The molecule has 0 aliphatic carbocycles. The number of benzene rings is 2. The number of rotatable bonds is 5. The van der Waals surface area contributed by atoms with Crippen molar-refractivity contribution in [1.29, 1.82) is 0 Å². The largest absolute Gasteiger partial charge is 0.355 e. The molecule has 0 aliphatic heterocycles. The van der Waals surface area contributed by atoms with Gasteiger partial charge in [-0.25, -0.2) is 18.2 Å². The molecule has 0 unspecified atom stereocenters. The SMILES string of the molecule is CNC(=O)c1cnc(-c2ccc(F)cc2)n(CC(=O)Nc2cc(F)ccc2F)c1=O. The van der Waals surface area contributed by atoms with E-state index in [0.29, 0.717) is 5.56 Å². The Morgan fingerprint density at radius 2 is 1.70 bits per heavy atom. The number of anilines is 1. The smallest absolute Gasteiger partial charge is 0.267 e. The Kier molecular flexibility index (Phi) is 5.95.